The maximum Gasteiger partial charge on any atom is 0.272 e. The van der Waals surface area contributed by atoms with E-state index >= 15 is 0 Å². The molecule has 0 aliphatic heterocycles. The molecule has 0 saturated heterocycles. The zero-order chi connectivity index (χ0) is 22.1. The van der Waals surface area contributed by atoms with Gasteiger partial charge >= 0.3 is 0 Å². The van der Waals surface area contributed by atoms with Gasteiger partial charge in [0.2, 0.25) is 0 Å². The fourth-order valence-electron chi connectivity index (χ4n) is 4.31. The zero-order valence-electron chi connectivity index (χ0n) is 17.9. The molecule has 5 aromatic rings. The monoisotopic (exact) mass is 425 g/mol. The number of hydrogen-bond acceptors (Lipinski definition) is 1. The third-order valence-corrected chi connectivity index (χ3v) is 5.93. The Hall–Kier alpha value is -3.86. The highest BCUT2D eigenvalue weighted by Gasteiger charge is 2.17. The van der Waals surface area contributed by atoms with Crippen molar-refractivity contribution in [3.05, 3.63) is 102 Å². The minimum atomic E-state index is -0.305. The molecule has 0 aliphatic rings. The summed E-state index contributed by atoms with van der Waals surface area (Å²) < 4.78 is 17.9. The number of carbonyl (C=O) groups is 1. The van der Waals surface area contributed by atoms with Gasteiger partial charge in [0.25, 0.3) is 5.91 Å². The number of fused-ring (bicyclic) bond motifs is 2. The molecule has 0 fully saturated rings. The average Bonchev–Trinajstić information content (AvgIpc) is 3.34. The average molecular weight is 426 g/mol. The maximum atomic E-state index is 13.8. The third-order valence-electron chi connectivity index (χ3n) is 5.93. The van der Waals surface area contributed by atoms with Crippen molar-refractivity contribution < 1.29 is 9.18 Å². The summed E-state index contributed by atoms with van der Waals surface area (Å²) in [7, 11) is 1.99. The largest absolute Gasteiger partial charge is 0.351 e. The lowest BCUT2D eigenvalue weighted by molar-refractivity contribution is 0.101. The summed E-state index contributed by atoms with van der Waals surface area (Å²) in [5.74, 6) is -0.503. The molecule has 32 heavy (non-hydrogen) atoms. The highest BCUT2D eigenvalue weighted by atomic mass is 19.1. The van der Waals surface area contributed by atoms with Crippen LogP contribution in [0.15, 0.2) is 85.1 Å². The van der Waals surface area contributed by atoms with E-state index in [4.69, 9.17) is 0 Å². The summed E-state index contributed by atoms with van der Waals surface area (Å²) in [4.78, 5) is 13.2. The molecule has 0 atom stereocenters. The van der Waals surface area contributed by atoms with Crippen LogP contribution in [-0.2, 0) is 20.0 Å². The summed E-state index contributed by atoms with van der Waals surface area (Å²) in [5.41, 5.74) is 4.50. The van der Waals surface area contributed by atoms with Gasteiger partial charge < -0.3 is 14.5 Å². The standard InChI is InChI=1S/C27H24FN3O/c1-30-15-13-20-17-23(10-12-24(20)30)29-27(32)26-18-21-16-22(28)9-11-25(21)31(26)14-5-8-19-6-3-2-4-7-19/h2-4,6-7,9-13,15-18H,5,8,14H2,1H3,(H,29,32). The van der Waals surface area contributed by atoms with E-state index in [0.29, 0.717) is 12.2 Å². The molecule has 2 aromatic heterocycles. The van der Waals surface area contributed by atoms with Crippen LogP contribution in [0.25, 0.3) is 21.8 Å². The molecule has 0 bridgehead atoms. The van der Waals surface area contributed by atoms with Crippen molar-refractivity contribution in [1.82, 2.24) is 9.13 Å². The van der Waals surface area contributed by atoms with Gasteiger partial charge in [0, 0.05) is 47.3 Å². The van der Waals surface area contributed by atoms with Crippen LogP contribution in [0.4, 0.5) is 10.1 Å². The number of carbonyl (C=O) groups excluding carboxylic acids is 1. The zero-order valence-corrected chi connectivity index (χ0v) is 17.9. The van der Waals surface area contributed by atoms with Gasteiger partial charge in [-0.1, -0.05) is 30.3 Å². The van der Waals surface area contributed by atoms with Crippen LogP contribution in [-0.4, -0.2) is 15.0 Å². The summed E-state index contributed by atoms with van der Waals surface area (Å²) in [6, 6.07) is 24.6. The molecule has 1 amide bonds. The first kappa shape index (κ1) is 20.1. The van der Waals surface area contributed by atoms with Crippen molar-refractivity contribution in [3.63, 3.8) is 0 Å². The van der Waals surface area contributed by atoms with Crippen LogP contribution in [0.3, 0.4) is 0 Å². The second kappa shape index (κ2) is 8.35. The number of aryl methyl sites for hydroxylation is 3. The maximum absolute atomic E-state index is 13.8. The van der Waals surface area contributed by atoms with E-state index in [2.05, 4.69) is 17.4 Å². The lowest BCUT2D eigenvalue weighted by Crippen LogP contribution is -2.17. The SMILES string of the molecule is Cn1ccc2cc(NC(=O)c3cc4cc(F)ccc4n3CCCc3ccccc3)ccc21. The predicted molar refractivity (Wildman–Crippen MR) is 128 cm³/mol. The first-order chi connectivity index (χ1) is 15.6. The third kappa shape index (κ3) is 3.89. The Labute approximate surface area is 185 Å². The second-order valence-electron chi connectivity index (χ2n) is 8.13. The molecule has 5 heteroatoms. The summed E-state index contributed by atoms with van der Waals surface area (Å²) in [6.45, 7) is 0.671. The predicted octanol–water partition coefficient (Wildman–Crippen LogP) is 6.16. The first-order valence-electron chi connectivity index (χ1n) is 10.8. The Kier molecular flexibility index (Phi) is 5.23. The molecule has 160 valence electrons. The number of aromatic nitrogens is 2. The van der Waals surface area contributed by atoms with Crippen molar-refractivity contribution in [2.24, 2.45) is 7.05 Å². The van der Waals surface area contributed by atoms with Crippen LogP contribution in [0.5, 0.6) is 0 Å². The lowest BCUT2D eigenvalue weighted by Gasteiger charge is -2.12. The molecule has 1 N–H and O–H groups in total. The number of benzene rings is 3. The van der Waals surface area contributed by atoms with Gasteiger partial charge in [-0.25, -0.2) is 4.39 Å². The molecule has 5 rings (SSSR count). The van der Waals surface area contributed by atoms with E-state index in [1.165, 1.54) is 17.7 Å². The Bertz CT molecular complexity index is 1420. The van der Waals surface area contributed by atoms with Gasteiger partial charge in [-0.3, -0.25) is 4.79 Å². The van der Waals surface area contributed by atoms with Gasteiger partial charge in [0.1, 0.15) is 11.5 Å². The molecule has 2 heterocycles. The summed E-state index contributed by atoms with van der Waals surface area (Å²) >= 11 is 0. The number of hydrogen-bond donors (Lipinski definition) is 1. The van der Waals surface area contributed by atoms with Crippen molar-refractivity contribution >= 4 is 33.4 Å². The Morgan fingerprint density at radius 3 is 2.56 bits per heavy atom. The van der Waals surface area contributed by atoms with Gasteiger partial charge in [-0.15, -0.1) is 0 Å². The highest BCUT2D eigenvalue weighted by Crippen LogP contribution is 2.24. The second-order valence-corrected chi connectivity index (χ2v) is 8.13. The number of rotatable bonds is 6. The Morgan fingerprint density at radius 1 is 0.906 bits per heavy atom. The minimum Gasteiger partial charge on any atom is -0.351 e. The van der Waals surface area contributed by atoms with Gasteiger partial charge in [0.05, 0.1) is 0 Å². The molecule has 0 unspecified atom stereocenters. The van der Waals surface area contributed by atoms with Crippen molar-refractivity contribution in [1.29, 1.82) is 0 Å². The van der Waals surface area contributed by atoms with E-state index in [1.807, 2.05) is 64.8 Å². The van der Waals surface area contributed by atoms with Crippen molar-refractivity contribution in [3.8, 4) is 0 Å². The summed E-state index contributed by atoms with van der Waals surface area (Å²) in [6.07, 6.45) is 3.78. The van der Waals surface area contributed by atoms with Crippen molar-refractivity contribution in [2.75, 3.05) is 5.32 Å². The quantitative estimate of drug-likeness (QED) is 0.348. The first-order valence-corrected chi connectivity index (χ1v) is 10.8. The van der Waals surface area contributed by atoms with Crippen LogP contribution in [0, 0.1) is 5.82 Å². The molecular formula is C27H24FN3O. The number of amides is 1. The molecule has 0 radical (unpaired) electrons. The van der Waals surface area contributed by atoms with E-state index in [0.717, 1.165) is 40.3 Å². The van der Waals surface area contributed by atoms with Gasteiger partial charge in [-0.2, -0.15) is 0 Å². The normalized spacial score (nSPS) is 11.3. The Morgan fingerprint density at radius 2 is 1.72 bits per heavy atom. The van der Waals surface area contributed by atoms with E-state index < -0.39 is 0 Å². The van der Waals surface area contributed by atoms with E-state index in [1.54, 1.807) is 12.1 Å². The lowest BCUT2D eigenvalue weighted by atomic mass is 10.1. The highest BCUT2D eigenvalue weighted by molar-refractivity contribution is 6.07. The van der Waals surface area contributed by atoms with Crippen LogP contribution in [0.1, 0.15) is 22.5 Å². The van der Waals surface area contributed by atoms with Gasteiger partial charge in [-0.05, 0) is 66.9 Å². The van der Waals surface area contributed by atoms with Gasteiger partial charge in [0.15, 0.2) is 0 Å². The molecule has 0 spiro atoms. The topological polar surface area (TPSA) is 39.0 Å². The summed E-state index contributed by atoms with van der Waals surface area (Å²) in [5, 5.41) is 4.82. The fraction of sp³-hybridized carbons (Fsp3) is 0.148. The number of nitrogens with zero attached hydrogens (tertiary/aromatic N) is 2. The molecule has 0 saturated carbocycles. The minimum absolute atomic E-state index is 0.198. The van der Waals surface area contributed by atoms with Crippen molar-refractivity contribution in [2.45, 2.75) is 19.4 Å². The Balaban J connectivity index is 1.43. The van der Waals surface area contributed by atoms with Crippen LogP contribution >= 0.6 is 0 Å². The van der Waals surface area contributed by atoms with E-state index in [-0.39, 0.29) is 11.7 Å². The van der Waals surface area contributed by atoms with E-state index in [9.17, 15) is 9.18 Å². The van der Waals surface area contributed by atoms with Crippen LogP contribution < -0.4 is 5.32 Å². The smallest absolute Gasteiger partial charge is 0.272 e. The fourth-order valence-corrected chi connectivity index (χ4v) is 4.31. The number of halogens is 1. The molecular weight excluding hydrogens is 401 g/mol. The molecule has 3 aromatic carbocycles. The number of anilines is 1. The molecule has 0 aliphatic carbocycles. The molecule has 4 nitrogen and oxygen atoms in total. The number of nitrogens with one attached hydrogen (secondary N) is 1. The van der Waals surface area contributed by atoms with Crippen LogP contribution in [0.2, 0.25) is 0 Å².